The summed E-state index contributed by atoms with van der Waals surface area (Å²) in [5.41, 5.74) is 0.430. The molecule has 0 amide bonds. The number of nitrogens with zero attached hydrogens (tertiary/aromatic N) is 2. The second-order valence-electron chi connectivity index (χ2n) is 4.29. The molecule has 0 spiro atoms. The lowest BCUT2D eigenvalue weighted by molar-refractivity contribution is -0.283. The smallest absolute Gasteiger partial charge is 0.356 e. The molecule has 2 nitrogen and oxygen atoms in total. The van der Waals surface area contributed by atoms with Gasteiger partial charge >= 0.3 is 12.1 Å². The van der Waals surface area contributed by atoms with Crippen molar-refractivity contribution in [2.24, 2.45) is 0 Å². The fourth-order valence-electron chi connectivity index (χ4n) is 1.64. The molecule has 0 N–H and O–H groups in total. The number of anilines is 1. The van der Waals surface area contributed by atoms with Crippen molar-refractivity contribution in [3.63, 3.8) is 0 Å². The molecule has 0 saturated heterocycles. The zero-order valence-corrected chi connectivity index (χ0v) is 10.7. The van der Waals surface area contributed by atoms with Crippen LogP contribution in [-0.4, -0.2) is 24.7 Å². The second kappa shape index (κ2) is 6.07. The third-order valence-corrected chi connectivity index (χ3v) is 2.82. The predicted octanol–water partition coefficient (Wildman–Crippen LogP) is 3.99. The molecule has 7 heteroatoms. The zero-order valence-electron chi connectivity index (χ0n) is 10.7. The molecule has 1 aromatic rings. The average molecular weight is 292 g/mol. The van der Waals surface area contributed by atoms with Gasteiger partial charge in [-0.05, 0) is 19.1 Å². The van der Waals surface area contributed by atoms with Gasteiger partial charge in [0.2, 0.25) is 0 Å². The van der Waals surface area contributed by atoms with Gasteiger partial charge < -0.3 is 4.90 Å². The number of hydrogen-bond donors (Lipinski definition) is 0. The average Bonchev–Trinajstić information content (AvgIpc) is 2.38. The highest BCUT2D eigenvalue weighted by Crippen LogP contribution is 2.38. The van der Waals surface area contributed by atoms with Crippen molar-refractivity contribution in [2.45, 2.75) is 31.5 Å². The Kier molecular flexibility index (Phi) is 4.93. The van der Waals surface area contributed by atoms with Crippen molar-refractivity contribution in [3.8, 4) is 6.07 Å². The van der Waals surface area contributed by atoms with E-state index in [0.717, 1.165) is 0 Å². The van der Waals surface area contributed by atoms with Crippen LogP contribution < -0.4 is 4.90 Å². The van der Waals surface area contributed by atoms with Crippen molar-refractivity contribution in [2.75, 3.05) is 11.4 Å². The van der Waals surface area contributed by atoms with Crippen molar-refractivity contribution in [3.05, 3.63) is 30.3 Å². The molecule has 20 heavy (non-hydrogen) atoms. The molecule has 0 heterocycles. The highest BCUT2D eigenvalue weighted by Gasteiger charge is 2.56. The number of para-hydroxylation sites is 1. The minimum atomic E-state index is -5.58. The Bertz CT molecular complexity index is 464. The van der Waals surface area contributed by atoms with Crippen LogP contribution in [-0.2, 0) is 0 Å². The molecule has 110 valence electrons. The van der Waals surface area contributed by atoms with E-state index in [2.05, 4.69) is 0 Å². The lowest BCUT2D eigenvalue weighted by Gasteiger charge is -2.29. The highest BCUT2D eigenvalue weighted by atomic mass is 19.4. The Hall–Kier alpha value is -1.84. The van der Waals surface area contributed by atoms with E-state index in [4.69, 9.17) is 5.26 Å². The summed E-state index contributed by atoms with van der Waals surface area (Å²) in [6.07, 6.45) is -6.97. The van der Waals surface area contributed by atoms with E-state index in [0.29, 0.717) is 5.69 Å². The number of rotatable bonds is 5. The topological polar surface area (TPSA) is 27.0 Å². The monoisotopic (exact) mass is 292 g/mol. The third-order valence-electron chi connectivity index (χ3n) is 2.82. The summed E-state index contributed by atoms with van der Waals surface area (Å²) >= 11 is 0. The van der Waals surface area contributed by atoms with E-state index < -0.39 is 31.1 Å². The van der Waals surface area contributed by atoms with Crippen LogP contribution in [0.4, 0.5) is 27.6 Å². The first-order chi connectivity index (χ1) is 9.19. The van der Waals surface area contributed by atoms with Gasteiger partial charge in [0.05, 0.1) is 6.07 Å². The van der Waals surface area contributed by atoms with Gasteiger partial charge in [-0.25, -0.2) is 0 Å². The summed E-state index contributed by atoms with van der Waals surface area (Å²) in [6, 6.07) is 9.07. The van der Waals surface area contributed by atoms with Gasteiger partial charge in [0.25, 0.3) is 0 Å². The standard InChI is InChI=1S/C13H13F5N2/c1-10(9-19)20(11-5-3-2-4-6-11)8-7-12(14,15)13(16,17)18/h2-6,10H,7-8H2,1H3. The Morgan fingerprint density at radius 3 is 2.15 bits per heavy atom. The largest absolute Gasteiger partial charge is 0.453 e. The molecule has 0 saturated carbocycles. The number of nitriles is 1. The molecule has 0 aromatic heterocycles. The number of hydrogen-bond acceptors (Lipinski definition) is 2. The van der Waals surface area contributed by atoms with Crippen molar-refractivity contribution in [1.82, 2.24) is 0 Å². The van der Waals surface area contributed by atoms with Crippen molar-refractivity contribution < 1.29 is 22.0 Å². The van der Waals surface area contributed by atoms with E-state index in [-0.39, 0.29) is 0 Å². The maximum atomic E-state index is 12.9. The van der Waals surface area contributed by atoms with Crippen LogP contribution in [0.1, 0.15) is 13.3 Å². The normalized spacial score (nSPS) is 13.7. The first kappa shape index (κ1) is 16.2. The first-order valence-electron chi connectivity index (χ1n) is 5.85. The van der Waals surface area contributed by atoms with E-state index in [1.807, 2.05) is 6.07 Å². The summed E-state index contributed by atoms with van der Waals surface area (Å²) in [7, 11) is 0. The quantitative estimate of drug-likeness (QED) is 0.767. The van der Waals surface area contributed by atoms with Crippen molar-refractivity contribution in [1.29, 1.82) is 5.26 Å². The number of benzene rings is 1. The molecule has 1 aromatic carbocycles. The molecule has 0 fully saturated rings. The van der Waals surface area contributed by atoms with Gasteiger partial charge in [-0.15, -0.1) is 0 Å². The molecular formula is C13H13F5N2. The highest BCUT2D eigenvalue weighted by molar-refractivity contribution is 5.48. The summed E-state index contributed by atoms with van der Waals surface area (Å²) < 4.78 is 62.3. The van der Waals surface area contributed by atoms with Gasteiger partial charge in [0.15, 0.2) is 0 Å². The van der Waals surface area contributed by atoms with Crippen LogP contribution >= 0.6 is 0 Å². The van der Waals surface area contributed by atoms with Gasteiger partial charge in [-0.3, -0.25) is 0 Å². The molecule has 1 unspecified atom stereocenters. The Balaban J connectivity index is 2.86. The van der Waals surface area contributed by atoms with Crippen molar-refractivity contribution >= 4 is 5.69 Å². The maximum Gasteiger partial charge on any atom is 0.453 e. The maximum absolute atomic E-state index is 12.9. The van der Waals surface area contributed by atoms with Crippen LogP contribution in [0.15, 0.2) is 30.3 Å². The number of alkyl halides is 5. The first-order valence-corrected chi connectivity index (χ1v) is 5.85. The molecule has 0 aliphatic rings. The summed E-state index contributed by atoms with van der Waals surface area (Å²) in [6.45, 7) is 0.879. The SMILES string of the molecule is CC(C#N)N(CCC(F)(F)C(F)(F)F)c1ccccc1. The van der Waals surface area contributed by atoms with Gasteiger partial charge in [0.1, 0.15) is 6.04 Å². The fourth-order valence-corrected chi connectivity index (χ4v) is 1.64. The van der Waals surface area contributed by atoms with E-state index in [1.165, 1.54) is 11.8 Å². The lowest BCUT2D eigenvalue weighted by atomic mass is 10.1. The second-order valence-corrected chi connectivity index (χ2v) is 4.29. The third kappa shape index (κ3) is 3.83. The van der Waals surface area contributed by atoms with Gasteiger partial charge in [-0.2, -0.15) is 27.2 Å². The van der Waals surface area contributed by atoms with Crippen LogP contribution in [0.5, 0.6) is 0 Å². The van der Waals surface area contributed by atoms with Crippen LogP contribution in [0.3, 0.4) is 0 Å². The molecule has 1 atom stereocenters. The van der Waals surface area contributed by atoms with Crippen LogP contribution in [0.25, 0.3) is 0 Å². The van der Waals surface area contributed by atoms with Crippen LogP contribution in [0.2, 0.25) is 0 Å². The van der Waals surface area contributed by atoms with Gasteiger partial charge in [0, 0.05) is 18.7 Å². The summed E-state index contributed by atoms with van der Waals surface area (Å²) in [5, 5.41) is 8.85. The Morgan fingerprint density at radius 1 is 1.15 bits per heavy atom. The lowest BCUT2D eigenvalue weighted by Crippen LogP contribution is -2.42. The summed E-state index contributed by atoms with van der Waals surface area (Å²) in [4.78, 5) is 1.22. The van der Waals surface area contributed by atoms with E-state index in [1.54, 1.807) is 30.3 Å². The number of halogens is 5. The summed E-state index contributed by atoms with van der Waals surface area (Å²) in [5.74, 6) is -4.77. The van der Waals surface area contributed by atoms with Gasteiger partial charge in [-0.1, -0.05) is 18.2 Å². The van der Waals surface area contributed by atoms with E-state index >= 15 is 0 Å². The Morgan fingerprint density at radius 2 is 1.70 bits per heavy atom. The molecule has 1 rings (SSSR count). The minimum Gasteiger partial charge on any atom is -0.356 e. The Labute approximate surface area is 113 Å². The minimum absolute atomic E-state index is 0.430. The molecular weight excluding hydrogens is 279 g/mol. The molecule has 0 aliphatic heterocycles. The van der Waals surface area contributed by atoms with Crippen LogP contribution in [0, 0.1) is 11.3 Å². The molecule has 0 bridgehead atoms. The van der Waals surface area contributed by atoms with E-state index in [9.17, 15) is 22.0 Å². The predicted molar refractivity (Wildman–Crippen MR) is 64.5 cm³/mol. The fraction of sp³-hybridized carbons (Fsp3) is 0.462. The molecule has 0 aliphatic carbocycles. The zero-order chi connectivity index (χ0) is 15.4. The molecule has 0 radical (unpaired) electrons.